The summed E-state index contributed by atoms with van der Waals surface area (Å²) in [6.07, 6.45) is 5.07. The van der Waals surface area contributed by atoms with E-state index in [2.05, 4.69) is 57.7 Å². The number of pyridine rings is 1. The van der Waals surface area contributed by atoms with Crippen molar-refractivity contribution in [3.63, 3.8) is 0 Å². The quantitative estimate of drug-likeness (QED) is 0.585. The van der Waals surface area contributed by atoms with Gasteiger partial charge < -0.3 is 24.8 Å². The Kier molecular flexibility index (Phi) is 6.10. The van der Waals surface area contributed by atoms with E-state index in [9.17, 15) is 0 Å². The zero-order valence-corrected chi connectivity index (χ0v) is 12.9. The van der Waals surface area contributed by atoms with Gasteiger partial charge in [-0.05, 0) is 0 Å². The SMILES string of the molecule is [Cl-].[Cl-].[Cr+2][C]1=Cc2ccccc2C1Cc1ccccn1. The third kappa shape index (κ3) is 3.41. The van der Waals surface area contributed by atoms with Crippen molar-refractivity contribution >= 4 is 6.08 Å². The first-order valence-electron chi connectivity index (χ1n) is 5.72. The fraction of sp³-hybridized carbons (Fsp3) is 0.133. The first kappa shape index (κ1) is 16.3. The predicted octanol–water partition coefficient (Wildman–Crippen LogP) is -2.68. The van der Waals surface area contributed by atoms with Gasteiger partial charge in [0.1, 0.15) is 0 Å². The number of halogens is 2. The van der Waals surface area contributed by atoms with Crippen molar-refractivity contribution in [1.82, 2.24) is 4.98 Å². The maximum atomic E-state index is 4.41. The summed E-state index contributed by atoms with van der Waals surface area (Å²) in [6.45, 7) is 0. The molecular formula is C15H12Cl2CrN. The number of benzene rings is 1. The zero-order valence-electron chi connectivity index (χ0n) is 10.1. The first-order chi connectivity index (χ1) is 8.34. The summed E-state index contributed by atoms with van der Waals surface area (Å²) >= 11 is 3.19. The third-order valence-electron chi connectivity index (χ3n) is 3.15. The molecule has 1 heterocycles. The summed E-state index contributed by atoms with van der Waals surface area (Å²) in [5, 5.41) is 0. The number of allylic oxidation sites excluding steroid dienone is 1. The molecule has 0 radical (unpaired) electrons. The molecule has 1 aliphatic rings. The van der Waals surface area contributed by atoms with Crippen LogP contribution in [0.3, 0.4) is 0 Å². The molecule has 0 saturated carbocycles. The maximum absolute atomic E-state index is 4.41. The average Bonchev–Trinajstić information content (AvgIpc) is 2.68. The van der Waals surface area contributed by atoms with Crippen molar-refractivity contribution in [2.75, 3.05) is 0 Å². The van der Waals surface area contributed by atoms with Gasteiger partial charge in [0, 0.05) is 0 Å². The number of hydrogen-bond donors (Lipinski definition) is 0. The Bertz CT molecular complexity index is 569. The molecular weight excluding hydrogens is 317 g/mol. The van der Waals surface area contributed by atoms with Crippen molar-refractivity contribution in [3.05, 3.63) is 69.9 Å². The van der Waals surface area contributed by atoms with Crippen LogP contribution in [-0.4, -0.2) is 4.98 Å². The minimum atomic E-state index is 0. The van der Waals surface area contributed by atoms with E-state index in [1.165, 1.54) is 15.6 Å². The van der Waals surface area contributed by atoms with Crippen molar-refractivity contribution < 1.29 is 41.1 Å². The van der Waals surface area contributed by atoms with E-state index in [-0.39, 0.29) is 24.8 Å². The van der Waals surface area contributed by atoms with Gasteiger partial charge in [-0.3, -0.25) is 0 Å². The van der Waals surface area contributed by atoms with Crippen LogP contribution < -0.4 is 24.8 Å². The van der Waals surface area contributed by atoms with Gasteiger partial charge in [-0.15, -0.1) is 0 Å². The molecule has 1 aromatic heterocycles. The van der Waals surface area contributed by atoms with Crippen molar-refractivity contribution in [1.29, 1.82) is 0 Å². The van der Waals surface area contributed by atoms with Crippen molar-refractivity contribution in [2.24, 2.45) is 0 Å². The van der Waals surface area contributed by atoms with Crippen molar-refractivity contribution in [3.8, 4) is 0 Å². The van der Waals surface area contributed by atoms with E-state index in [0.29, 0.717) is 5.92 Å². The van der Waals surface area contributed by atoms with Gasteiger partial charge in [0.05, 0.1) is 0 Å². The van der Waals surface area contributed by atoms with Gasteiger partial charge in [0.2, 0.25) is 0 Å². The Morgan fingerprint density at radius 2 is 1.74 bits per heavy atom. The molecule has 3 rings (SSSR count). The molecule has 97 valence electrons. The molecule has 1 atom stereocenters. The molecule has 0 spiro atoms. The molecule has 0 bridgehead atoms. The zero-order chi connectivity index (χ0) is 11.7. The van der Waals surface area contributed by atoms with E-state index < -0.39 is 0 Å². The van der Waals surface area contributed by atoms with Gasteiger partial charge in [0.25, 0.3) is 0 Å². The van der Waals surface area contributed by atoms with Crippen LogP contribution in [0.4, 0.5) is 0 Å². The number of nitrogens with zero attached hydrogens (tertiary/aromatic N) is 1. The molecule has 1 nitrogen and oxygen atoms in total. The van der Waals surface area contributed by atoms with Gasteiger partial charge in [-0.1, -0.05) is 0 Å². The fourth-order valence-electron chi connectivity index (χ4n) is 2.31. The Morgan fingerprint density at radius 1 is 1.00 bits per heavy atom. The molecule has 4 heteroatoms. The van der Waals surface area contributed by atoms with Gasteiger partial charge in [0.15, 0.2) is 0 Å². The summed E-state index contributed by atoms with van der Waals surface area (Å²) in [7, 11) is 0. The Morgan fingerprint density at radius 3 is 2.47 bits per heavy atom. The van der Waals surface area contributed by atoms with E-state index in [1.54, 1.807) is 0 Å². The second-order valence-corrected chi connectivity index (χ2v) is 4.99. The van der Waals surface area contributed by atoms with E-state index in [1.807, 2.05) is 18.3 Å². The normalized spacial score (nSPS) is 15.7. The van der Waals surface area contributed by atoms with E-state index in [0.717, 1.165) is 12.1 Å². The monoisotopic (exact) mass is 328 g/mol. The first-order valence-corrected chi connectivity index (χ1v) is 6.36. The van der Waals surface area contributed by atoms with Crippen LogP contribution >= 0.6 is 0 Å². The summed E-state index contributed by atoms with van der Waals surface area (Å²) in [6, 6.07) is 14.7. The molecule has 19 heavy (non-hydrogen) atoms. The minimum absolute atomic E-state index is 0. The van der Waals surface area contributed by atoms with Crippen LogP contribution in [0.2, 0.25) is 0 Å². The molecule has 0 aliphatic heterocycles. The van der Waals surface area contributed by atoms with Crippen LogP contribution in [0.5, 0.6) is 0 Å². The number of hydrogen-bond acceptors (Lipinski definition) is 1. The van der Waals surface area contributed by atoms with E-state index in [4.69, 9.17) is 0 Å². The fourth-order valence-corrected chi connectivity index (χ4v) is 2.83. The van der Waals surface area contributed by atoms with Gasteiger partial charge in [-0.25, -0.2) is 0 Å². The number of rotatable bonds is 2. The van der Waals surface area contributed by atoms with Crippen LogP contribution in [-0.2, 0) is 22.7 Å². The van der Waals surface area contributed by atoms with Crippen LogP contribution in [0, 0.1) is 0 Å². The molecule has 0 saturated heterocycles. The molecule has 0 N–H and O–H groups in total. The molecule has 0 fully saturated rings. The number of fused-ring (bicyclic) bond motifs is 1. The second kappa shape index (κ2) is 7.12. The Labute approximate surface area is 134 Å². The van der Waals surface area contributed by atoms with Crippen LogP contribution in [0.15, 0.2) is 53.1 Å². The molecule has 0 amide bonds. The molecule has 1 unspecified atom stereocenters. The summed E-state index contributed by atoms with van der Waals surface area (Å²) in [4.78, 5) is 4.41. The number of aromatic nitrogens is 1. The van der Waals surface area contributed by atoms with Gasteiger partial charge >= 0.3 is 110 Å². The molecule has 2 aromatic rings. The average molecular weight is 329 g/mol. The van der Waals surface area contributed by atoms with Crippen LogP contribution in [0.1, 0.15) is 22.7 Å². The Hall–Kier alpha value is -0.778. The molecule has 1 aromatic carbocycles. The Balaban J connectivity index is 0.000000902. The predicted molar refractivity (Wildman–Crippen MR) is 65.1 cm³/mol. The van der Waals surface area contributed by atoms with Gasteiger partial charge in [-0.2, -0.15) is 0 Å². The summed E-state index contributed by atoms with van der Waals surface area (Å²) < 4.78 is 1.32. The summed E-state index contributed by atoms with van der Waals surface area (Å²) in [5.74, 6) is 0.445. The second-order valence-electron chi connectivity index (χ2n) is 4.25. The standard InChI is InChI=1S/C15H12N.2ClH.Cr/c1-2-7-15-12(5-1)8-9-13(15)11-14-6-3-4-10-16-14;;;/h1-8,10,13H,11H2;2*1H;/q;;;+2/p-2. The van der Waals surface area contributed by atoms with Crippen LogP contribution in [0.25, 0.3) is 6.08 Å². The molecule has 1 aliphatic carbocycles. The van der Waals surface area contributed by atoms with Crippen molar-refractivity contribution in [2.45, 2.75) is 12.3 Å². The summed E-state index contributed by atoms with van der Waals surface area (Å²) in [5.41, 5.74) is 3.89. The van der Waals surface area contributed by atoms with E-state index >= 15 is 0 Å². The topological polar surface area (TPSA) is 12.9 Å². The third-order valence-corrected chi connectivity index (χ3v) is 3.78.